The Bertz CT molecular complexity index is 742. The zero-order chi connectivity index (χ0) is 19.3. The molecule has 1 heterocycles. The van der Waals surface area contributed by atoms with Crippen molar-refractivity contribution in [3.05, 3.63) is 47.4 Å². The molecule has 1 aromatic rings. The van der Waals surface area contributed by atoms with E-state index in [0.29, 0.717) is 23.7 Å². The molecular formula is C19H21NO4S2. The van der Waals surface area contributed by atoms with Crippen molar-refractivity contribution in [1.29, 1.82) is 0 Å². The number of carboxylic acids is 1. The average molecular weight is 392 g/mol. The van der Waals surface area contributed by atoms with Crippen molar-refractivity contribution >= 4 is 46.3 Å². The van der Waals surface area contributed by atoms with Gasteiger partial charge in [0.15, 0.2) is 0 Å². The lowest BCUT2D eigenvalue weighted by molar-refractivity contribution is -0.147. The Morgan fingerprint density at radius 2 is 2.08 bits per heavy atom. The van der Waals surface area contributed by atoms with Crippen LogP contribution in [0, 0.1) is 5.92 Å². The molecule has 0 aliphatic carbocycles. The smallest absolute Gasteiger partial charge is 0.327 e. The Balaban J connectivity index is 2.23. The third-order valence-corrected chi connectivity index (χ3v) is 5.41. The second-order valence-electron chi connectivity index (χ2n) is 5.89. The van der Waals surface area contributed by atoms with Crippen LogP contribution < -0.4 is 4.74 Å². The number of rotatable bonds is 8. The normalized spacial score (nSPS) is 18.1. The lowest BCUT2D eigenvalue weighted by atomic mass is 9.98. The average Bonchev–Trinajstić information content (AvgIpc) is 2.88. The lowest BCUT2D eigenvalue weighted by Crippen LogP contribution is -2.47. The highest BCUT2D eigenvalue weighted by molar-refractivity contribution is 8.26. The van der Waals surface area contributed by atoms with E-state index in [4.69, 9.17) is 17.0 Å². The number of nitrogens with zero attached hydrogens (tertiary/aromatic N) is 1. The number of hydrogen-bond donors (Lipinski definition) is 1. The SMILES string of the molecule is C=CCOc1ccc(/C=C2\SC(=S)N(C(C(=O)O)C(C)CC)C2=O)cc1. The summed E-state index contributed by atoms with van der Waals surface area (Å²) in [5, 5.41) is 9.54. The van der Waals surface area contributed by atoms with E-state index in [1.165, 1.54) is 4.90 Å². The molecule has 1 aliphatic rings. The van der Waals surface area contributed by atoms with Gasteiger partial charge in [0.25, 0.3) is 5.91 Å². The van der Waals surface area contributed by atoms with Gasteiger partial charge in [-0.3, -0.25) is 9.69 Å². The summed E-state index contributed by atoms with van der Waals surface area (Å²) in [5.74, 6) is -0.895. The summed E-state index contributed by atoms with van der Waals surface area (Å²) in [6, 6.07) is 6.31. The van der Waals surface area contributed by atoms with E-state index in [2.05, 4.69) is 6.58 Å². The van der Waals surface area contributed by atoms with Crippen molar-refractivity contribution in [1.82, 2.24) is 4.90 Å². The number of benzene rings is 1. The van der Waals surface area contributed by atoms with Gasteiger partial charge in [-0.1, -0.05) is 69.0 Å². The molecule has 1 amide bonds. The summed E-state index contributed by atoms with van der Waals surface area (Å²) in [4.78, 5) is 26.1. The molecule has 1 aromatic carbocycles. The number of aliphatic carboxylic acids is 1. The van der Waals surface area contributed by atoms with E-state index < -0.39 is 12.0 Å². The van der Waals surface area contributed by atoms with Crippen LogP contribution in [-0.4, -0.2) is 38.9 Å². The predicted octanol–water partition coefficient (Wildman–Crippen LogP) is 3.95. The van der Waals surface area contributed by atoms with Gasteiger partial charge >= 0.3 is 5.97 Å². The van der Waals surface area contributed by atoms with Gasteiger partial charge in [0.1, 0.15) is 22.7 Å². The molecule has 2 unspecified atom stereocenters. The second kappa shape index (κ2) is 9.00. The first-order chi connectivity index (χ1) is 12.4. The molecule has 0 radical (unpaired) electrons. The number of carbonyl (C=O) groups excluding carboxylic acids is 1. The van der Waals surface area contributed by atoms with E-state index in [9.17, 15) is 14.7 Å². The number of amides is 1. The van der Waals surface area contributed by atoms with Gasteiger partial charge in [-0.25, -0.2) is 4.79 Å². The summed E-state index contributed by atoms with van der Waals surface area (Å²) in [6.45, 7) is 7.72. The molecule has 0 saturated carbocycles. The van der Waals surface area contributed by atoms with E-state index in [-0.39, 0.29) is 16.1 Å². The number of thioether (sulfide) groups is 1. The molecular weight excluding hydrogens is 370 g/mol. The highest BCUT2D eigenvalue weighted by Gasteiger charge is 2.42. The first-order valence-corrected chi connectivity index (χ1v) is 9.45. The fourth-order valence-corrected chi connectivity index (χ4v) is 3.85. The summed E-state index contributed by atoms with van der Waals surface area (Å²) >= 11 is 6.41. The molecule has 5 nitrogen and oxygen atoms in total. The summed E-state index contributed by atoms with van der Waals surface area (Å²) in [6.07, 6.45) is 4.01. The third kappa shape index (κ3) is 4.53. The fourth-order valence-electron chi connectivity index (χ4n) is 2.52. The molecule has 2 atom stereocenters. The lowest BCUT2D eigenvalue weighted by Gasteiger charge is -2.27. The minimum atomic E-state index is -1.04. The van der Waals surface area contributed by atoms with Gasteiger partial charge in [-0.15, -0.1) is 0 Å². The van der Waals surface area contributed by atoms with Gasteiger partial charge in [0, 0.05) is 0 Å². The molecule has 1 aliphatic heterocycles. The van der Waals surface area contributed by atoms with Gasteiger partial charge in [0.2, 0.25) is 0 Å². The van der Waals surface area contributed by atoms with Gasteiger partial charge < -0.3 is 9.84 Å². The third-order valence-electron chi connectivity index (χ3n) is 4.08. The molecule has 1 saturated heterocycles. The first kappa shape index (κ1) is 20.2. The maximum absolute atomic E-state index is 12.7. The molecule has 7 heteroatoms. The number of ether oxygens (including phenoxy) is 1. The molecule has 1 fully saturated rings. The quantitative estimate of drug-likeness (QED) is 0.411. The Kier molecular flexibility index (Phi) is 6.99. The highest BCUT2D eigenvalue weighted by atomic mass is 32.2. The molecule has 0 spiro atoms. The molecule has 26 heavy (non-hydrogen) atoms. The molecule has 1 N–H and O–H groups in total. The van der Waals surface area contributed by atoms with Crippen molar-refractivity contribution in [2.24, 2.45) is 5.92 Å². The van der Waals surface area contributed by atoms with Crippen LogP contribution in [0.25, 0.3) is 6.08 Å². The van der Waals surface area contributed by atoms with Crippen LogP contribution in [0.2, 0.25) is 0 Å². The Morgan fingerprint density at radius 3 is 2.62 bits per heavy atom. The van der Waals surface area contributed by atoms with Crippen molar-refractivity contribution < 1.29 is 19.4 Å². The molecule has 138 valence electrons. The molecule has 0 bridgehead atoms. The Hall–Kier alpha value is -2.12. The highest BCUT2D eigenvalue weighted by Crippen LogP contribution is 2.36. The fraction of sp³-hybridized carbons (Fsp3) is 0.316. The number of carbonyl (C=O) groups is 2. The summed E-state index contributed by atoms with van der Waals surface area (Å²) < 4.78 is 5.70. The molecule has 2 rings (SSSR count). The van der Waals surface area contributed by atoms with Crippen molar-refractivity contribution in [2.75, 3.05) is 6.61 Å². The maximum Gasteiger partial charge on any atom is 0.327 e. The van der Waals surface area contributed by atoms with Gasteiger partial charge in [-0.05, 0) is 29.7 Å². The molecule has 0 aromatic heterocycles. The van der Waals surface area contributed by atoms with Crippen LogP contribution in [0.5, 0.6) is 5.75 Å². The van der Waals surface area contributed by atoms with Crippen LogP contribution in [0.15, 0.2) is 41.8 Å². The minimum absolute atomic E-state index is 0.198. The van der Waals surface area contributed by atoms with E-state index in [0.717, 1.165) is 17.3 Å². The zero-order valence-electron chi connectivity index (χ0n) is 14.7. The van der Waals surface area contributed by atoms with E-state index >= 15 is 0 Å². The second-order valence-corrected chi connectivity index (χ2v) is 7.56. The monoisotopic (exact) mass is 391 g/mol. The largest absolute Gasteiger partial charge is 0.490 e. The van der Waals surface area contributed by atoms with Crippen LogP contribution in [0.3, 0.4) is 0 Å². The number of thiocarbonyl (C=S) groups is 1. The Morgan fingerprint density at radius 1 is 1.42 bits per heavy atom. The standard InChI is InChI=1S/C19H21NO4S2/c1-4-10-24-14-8-6-13(7-9-14)11-15-17(21)20(19(25)26-15)16(18(22)23)12(3)5-2/h4,6-9,11-12,16H,1,5,10H2,2-3H3,(H,22,23)/b15-11-. The van der Waals surface area contributed by atoms with Crippen LogP contribution in [-0.2, 0) is 9.59 Å². The van der Waals surface area contributed by atoms with Crippen LogP contribution in [0.4, 0.5) is 0 Å². The van der Waals surface area contributed by atoms with E-state index in [1.807, 2.05) is 26.0 Å². The van der Waals surface area contributed by atoms with Crippen molar-refractivity contribution in [3.63, 3.8) is 0 Å². The number of carboxylic acid groups (broad SMARTS) is 1. The van der Waals surface area contributed by atoms with Crippen LogP contribution in [0.1, 0.15) is 25.8 Å². The topological polar surface area (TPSA) is 66.8 Å². The van der Waals surface area contributed by atoms with Crippen molar-refractivity contribution in [3.8, 4) is 5.75 Å². The predicted molar refractivity (Wildman–Crippen MR) is 108 cm³/mol. The van der Waals surface area contributed by atoms with Crippen molar-refractivity contribution in [2.45, 2.75) is 26.3 Å². The number of hydrogen-bond acceptors (Lipinski definition) is 5. The zero-order valence-corrected chi connectivity index (χ0v) is 16.3. The summed E-state index contributed by atoms with van der Waals surface area (Å²) in [7, 11) is 0. The van der Waals surface area contributed by atoms with Gasteiger partial charge in [-0.2, -0.15) is 0 Å². The summed E-state index contributed by atoms with van der Waals surface area (Å²) in [5.41, 5.74) is 0.812. The van der Waals surface area contributed by atoms with Crippen LogP contribution >= 0.6 is 24.0 Å². The first-order valence-electron chi connectivity index (χ1n) is 8.22. The Labute approximate surface area is 162 Å². The van der Waals surface area contributed by atoms with Gasteiger partial charge in [0.05, 0.1) is 4.91 Å². The minimum Gasteiger partial charge on any atom is -0.490 e. The maximum atomic E-state index is 12.7. The van der Waals surface area contributed by atoms with E-state index in [1.54, 1.807) is 24.3 Å².